The van der Waals surface area contributed by atoms with Crippen molar-refractivity contribution in [3.63, 3.8) is 0 Å². The van der Waals surface area contributed by atoms with Gasteiger partial charge in [0, 0.05) is 11.6 Å². The Hall–Kier alpha value is -3.02. The molecule has 0 saturated carbocycles. The number of benzene rings is 2. The van der Waals surface area contributed by atoms with Gasteiger partial charge in [-0.05, 0) is 42.0 Å². The predicted octanol–water partition coefficient (Wildman–Crippen LogP) is 4.65. The molecule has 2 N–H and O–H groups in total. The maximum atomic E-state index is 13.6. The van der Waals surface area contributed by atoms with Crippen LogP contribution in [0.3, 0.4) is 0 Å². The van der Waals surface area contributed by atoms with Gasteiger partial charge in [-0.2, -0.15) is 0 Å². The van der Waals surface area contributed by atoms with Crippen molar-refractivity contribution in [2.75, 3.05) is 12.4 Å². The fourth-order valence-electron chi connectivity index (χ4n) is 2.24. The molecule has 0 aliphatic rings. The van der Waals surface area contributed by atoms with Crippen LogP contribution in [-0.2, 0) is 4.74 Å². The second-order valence-corrected chi connectivity index (χ2v) is 5.49. The van der Waals surface area contributed by atoms with Crippen LogP contribution in [0.4, 0.5) is 14.9 Å². The number of carbonyl (C=O) groups is 1. The van der Waals surface area contributed by atoms with E-state index in [0.29, 0.717) is 17.0 Å². The number of anilines is 1. The lowest BCUT2D eigenvalue weighted by Gasteiger charge is -2.22. The molecule has 5 nitrogen and oxygen atoms in total. The van der Waals surface area contributed by atoms with Crippen molar-refractivity contribution in [2.24, 2.45) is 5.92 Å². The Kier molecular flexibility index (Phi) is 6.00. The van der Waals surface area contributed by atoms with Crippen LogP contribution in [0.2, 0.25) is 0 Å². The molecule has 2 atom stereocenters. The van der Waals surface area contributed by atoms with Gasteiger partial charge in [-0.25, -0.2) is 9.18 Å². The molecule has 132 valence electrons. The van der Waals surface area contributed by atoms with Gasteiger partial charge in [0.05, 0.1) is 7.11 Å². The quantitative estimate of drug-likeness (QED) is 0.748. The molecule has 0 heterocycles. The van der Waals surface area contributed by atoms with Crippen LogP contribution in [0.15, 0.2) is 55.1 Å². The predicted molar refractivity (Wildman–Crippen MR) is 93.3 cm³/mol. The van der Waals surface area contributed by atoms with Gasteiger partial charge in [-0.3, -0.25) is 5.32 Å². The SMILES string of the molecule is C=C[C@H](C)[C@H](OC(=O)Nc1ccc(OC)cc1)c1ccc(O)c(F)c1. The Morgan fingerprint density at radius 3 is 2.52 bits per heavy atom. The number of amides is 1. The number of hydrogen-bond donors (Lipinski definition) is 2. The first kappa shape index (κ1) is 18.3. The van der Waals surface area contributed by atoms with E-state index in [0.717, 1.165) is 6.07 Å². The first-order chi connectivity index (χ1) is 11.9. The van der Waals surface area contributed by atoms with Crippen molar-refractivity contribution in [1.29, 1.82) is 0 Å². The van der Waals surface area contributed by atoms with Crippen LogP contribution in [0.1, 0.15) is 18.6 Å². The number of phenolic OH excluding ortho intramolecular Hbond substituents is 1. The van der Waals surface area contributed by atoms with Gasteiger partial charge in [0.15, 0.2) is 11.6 Å². The lowest BCUT2D eigenvalue weighted by atomic mass is 9.97. The van der Waals surface area contributed by atoms with E-state index in [4.69, 9.17) is 9.47 Å². The second kappa shape index (κ2) is 8.19. The van der Waals surface area contributed by atoms with Crippen molar-refractivity contribution >= 4 is 11.8 Å². The minimum Gasteiger partial charge on any atom is -0.505 e. The summed E-state index contributed by atoms with van der Waals surface area (Å²) in [5.41, 5.74) is 0.959. The summed E-state index contributed by atoms with van der Waals surface area (Å²) in [7, 11) is 1.55. The maximum absolute atomic E-state index is 13.6. The summed E-state index contributed by atoms with van der Waals surface area (Å²) in [5, 5.41) is 11.9. The van der Waals surface area contributed by atoms with Crippen molar-refractivity contribution in [3.8, 4) is 11.5 Å². The molecule has 0 aromatic heterocycles. The van der Waals surface area contributed by atoms with Gasteiger partial charge in [0.2, 0.25) is 0 Å². The van der Waals surface area contributed by atoms with E-state index in [1.807, 2.05) is 0 Å². The summed E-state index contributed by atoms with van der Waals surface area (Å²) < 4.78 is 24.1. The van der Waals surface area contributed by atoms with E-state index in [9.17, 15) is 14.3 Å². The normalized spacial score (nSPS) is 12.8. The van der Waals surface area contributed by atoms with Crippen LogP contribution in [0.5, 0.6) is 11.5 Å². The summed E-state index contributed by atoms with van der Waals surface area (Å²) in [6.07, 6.45) is 0.180. The van der Waals surface area contributed by atoms with Gasteiger partial charge >= 0.3 is 6.09 Å². The highest BCUT2D eigenvalue weighted by Crippen LogP contribution is 2.30. The number of rotatable bonds is 6. The largest absolute Gasteiger partial charge is 0.505 e. The van der Waals surface area contributed by atoms with E-state index in [-0.39, 0.29) is 5.92 Å². The van der Waals surface area contributed by atoms with Crippen LogP contribution >= 0.6 is 0 Å². The molecule has 6 heteroatoms. The average Bonchev–Trinajstić information content (AvgIpc) is 2.62. The second-order valence-electron chi connectivity index (χ2n) is 5.49. The smallest absolute Gasteiger partial charge is 0.412 e. The molecule has 1 amide bonds. The molecule has 0 fully saturated rings. The summed E-state index contributed by atoms with van der Waals surface area (Å²) in [4.78, 5) is 12.2. The Morgan fingerprint density at radius 1 is 1.28 bits per heavy atom. The highest BCUT2D eigenvalue weighted by molar-refractivity contribution is 5.84. The first-order valence-electron chi connectivity index (χ1n) is 7.67. The standard InChI is InChI=1S/C19H20FNO4/c1-4-12(2)18(13-5-10-17(22)16(20)11-13)25-19(23)21-14-6-8-15(24-3)9-7-14/h4-12,18,22H,1H2,2-3H3,(H,21,23)/t12-,18-/m0/s1. The Labute approximate surface area is 145 Å². The number of methoxy groups -OCH3 is 1. The summed E-state index contributed by atoms with van der Waals surface area (Å²) >= 11 is 0. The number of aromatic hydroxyl groups is 1. The molecule has 0 unspecified atom stereocenters. The lowest BCUT2D eigenvalue weighted by Crippen LogP contribution is -2.21. The maximum Gasteiger partial charge on any atom is 0.412 e. The number of nitrogens with one attached hydrogen (secondary N) is 1. The summed E-state index contributed by atoms with van der Waals surface area (Å²) in [6, 6.07) is 10.6. The topological polar surface area (TPSA) is 67.8 Å². The van der Waals surface area contributed by atoms with Crippen molar-refractivity contribution < 1.29 is 23.8 Å². The number of phenols is 1. The lowest BCUT2D eigenvalue weighted by molar-refractivity contribution is 0.0895. The van der Waals surface area contributed by atoms with Gasteiger partial charge < -0.3 is 14.6 Å². The molecule has 0 spiro atoms. The zero-order valence-corrected chi connectivity index (χ0v) is 14.0. The highest BCUT2D eigenvalue weighted by atomic mass is 19.1. The zero-order chi connectivity index (χ0) is 18.4. The van der Waals surface area contributed by atoms with Crippen LogP contribution < -0.4 is 10.1 Å². The number of halogens is 1. The van der Waals surface area contributed by atoms with E-state index in [1.165, 1.54) is 12.1 Å². The van der Waals surface area contributed by atoms with E-state index in [1.54, 1.807) is 44.4 Å². The van der Waals surface area contributed by atoms with Crippen molar-refractivity contribution in [2.45, 2.75) is 13.0 Å². The zero-order valence-electron chi connectivity index (χ0n) is 14.0. The molecule has 0 aliphatic carbocycles. The molecule has 0 bridgehead atoms. The van der Waals surface area contributed by atoms with Crippen LogP contribution in [-0.4, -0.2) is 18.3 Å². The Morgan fingerprint density at radius 2 is 1.96 bits per heavy atom. The Balaban J connectivity index is 2.13. The highest BCUT2D eigenvalue weighted by Gasteiger charge is 2.23. The first-order valence-corrected chi connectivity index (χ1v) is 7.67. The van der Waals surface area contributed by atoms with Crippen molar-refractivity contribution in [3.05, 3.63) is 66.5 Å². The minimum absolute atomic E-state index is 0.259. The van der Waals surface area contributed by atoms with Gasteiger partial charge in [-0.15, -0.1) is 6.58 Å². The molecular formula is C19H20FNO4. The minimum atomic E-state index is -0.780. The number of carbonyl (C=O) groups excluding carboxylic acids is 1. The number of ether oxygens (including phenoxy) is 2. The third-order valence-corrected chi connectivity index (χ3v) is 3.72. The third-order valence-electron chi connectivity index (χ3n) is 3.72. The van der Waals surface area contributed by atoms with Gasteiger partial charge in [0.1, 0.15) is 11.9 Å². The van der Waals surface area contributed by atoms with Gasteiger partial charge in [0.25, 0.3) is 0 Å². The molecular weight excluding hydrogens is 325 g/mol. The molecule has 2 aromatic carbocycles. The van der Waals surface area contributed by atoms with Crippen LogP contribution in [0.25, 0.3) is 0 Å². The monoisotopic (exact) mass is 345 g/mol. The van der Waals surface area contributed by atoms with E-state index < -0.39 is 23.8 Å². The van der Waals surface area contributed by atoms with E-state index in [2.05, 4.69) is 11.9 Å². The molecule has 2 aromatic rings. The van der Waals surface area contributed by atoms with E-state index >= 15 is 0 Å². The third kappa shape index (κ3) is 4.73. The fraction of sp³-hybridized carbons (Fsp3) is 0.211. The van der Waals surface area contributed by atoms with Crippen molar-refractivity contribution in [1.82, 2.24) is 0 Å². The molecule has 0 aliphatic heterocycles. The molecule has 25 heavy (non-hydrogen) atoms. The average molecular weight is 345 g/mol. The van der Waals surface area contributed by atoms with Gasteiger partial charge in [-0.1, -0.05) is 19.1 Å². The molecule has 0 saturated heterocycles. The fourth-order valence-corrected chi connectivity index (χ4v) is 2.24. The number of hydrogen-bond acceptors (Lipinski definition) is 4. The summed E-state index contributed by atoms with van der Waals surface area (Å²) in [6.45, 7) is 5.48. The molecule has 2 rings (SSSR count). The molecule has 0 radical (unpaired) electrons. The van der Waals surface area contributed by atoms with Crippen LogP contribution in [0, 0.1) is 11.7 Å². The summed E-state index contributed by atoms with van der Waals surface area (Å²) in [5.74, 6) is -0.837. The Bertz CT molecular complexity index is 746.